The number of likely N-dealkylation sites (tertiary alicyclic amines) is 1. The summed E-state index contributed by atoms with van der Waals surface area (Å²) in [6.07, 6.45) is 0. The van der Waals surface area contributed by atoms with Gasteiger partial charge in [0.2, 0.25) is 11.7 Å². The molecule has 4 rings (SSSR count). The predicted octanol–water partition coefficient (Wildman–Crippen LogP) is 5.05. The Kier molecular flexibility index (Phi) is 4.73. The summed E-state index contributed by atoms with van der Waals surface area (Å²) in [6, 6.07) is 12.5. The van der Waals surface area contributed by atoms with Crippen LogP contribution in [0.15, 0.2) is 51.5 Å². The summed E-state index contributed by atoms with van der Waals surface area (Å²) >= 11 is 15.5. The minimum atomic E-state index is -0.109. The Hall–Kier alpha value is -1.89. The molecule has 0 N–H and O–H groups in total. The van der Waals surface area contributed by atoms with E-state index in [1.165, 1.54) is 0 Å². The van der Waals surface area contributed by atoms with E-state index in [1.54, 1.807) is 35.2 Å². The zero-order valence-corrected chi connectivity index (χ0v) is 16.4. The number of benzene rings is 2. The van der Waals surface area contributed by atoms with Gasteiger partial charge in [-0.3, -0.25) is 4.79 Å². The maximum atomic E-state index is 12.6. The van der Waals surface area contributed by atoms with Gasteiger partial charge < -0.3 is 9.42 Å². The largest absolute Gasteiger partial charge is 0.339 e. The highest BCUT2D eigenvalue weighted by atomic mass is 79.9. The first kappa shape index (κ1) is 17.5. The fraction of sp³-hybridized carbons (Fsp3) is 0.167. The van der Waals surface area contributed by atoms with Gasteiger partial charge in [-0.05, 0) is 30.3 Å². The van der Waals surface area contributed by atoms with Crippen molar-refractivity contribution in [3.8, 4) is 11.4 Å². The molecule has 26 heavy (non-hydrogen) atoms. The van der Waals surface area contributed by atoms with Crippen LogP contribution in [0.4, 0.5) is 0 Å². The first-order valence-electron chi connectivity index (χ1n) is 7.85. The Labute approximate surface area is 168 Å². The Morgan fingerprint density at radius 2 is 2.00 bits per heavy atom. The van der Waals surface area contributed by atoms with Crippen molar-refractivity contribution < 1.29 is 9.32 Å². The molecule has 0 aliphatic carbocycles. The number of carbonyl (C=O) groups excluding carboxylic acids is 1. The third kappa shape index (κ3) is 3.37. The van der Waals surface area contributed by atoms with Crippen molar-refractivity contribution in [3.05, 3.63) is 68.4 Å². The van der Waals surface area contributed by atoms with E-state index in [0.717, 1.165) is 10.0 Å². The molecule has 1 aliphatic heterocycles. The lowest BCUT2D eigenvalue weighted by Crippen LogP contribution is -2.48. The second-order valence-corrected chi connectivity index (χ2v) is 7.76. The van der Waals surface area contributed by atoms with Crippen LogP contribution in [0.3, 0.4) is 0 Å². The van der Waals surface area contributed by atoms with Gasteiger partial charge in [0.1, 0.15) is 0 Å². The van der Waals surface area contributed by atoms with E-state index in [9.17, 15) is 4.79 Å². The molecule has 3 aromatic rings. The molecular weight excluding hydrogens is 441 g/mol. The Balaban J connectivity index is 1.45. The maximum Gasteiger partial charge on any atom is 0.255 e. The van der Waals surface area contributed by atoms with Gasteiger partial charge in [-0.25, -0.2) is 0 Å². The maximum absolute atomic E-state index is 12.6. The van der Waals surface area contributed by atoms with Gasteiger partial charge in [-0.15, -0.1) is 0 Å². The molecular formula is C18H12BrCl2N3O2. The number of carbonyl (C=O) groups is 1. The van der Waals surface area contributed by atoms with Crippen LogP contribution in [0.1, 0.15) is 22.2 Å². The summed E-state index contributed by atoms with van der Waals surface area (Å²) < 4.78 is 6.17. The van der Waals surface area contributed by atoms with Gasteiger partial charge >= 0.3 is 0 Å². The summed E-state index contributed by atoms with van der Waals surface area (Å²) in [6.45, 7) is 1.03. The van der Waals surface area contributed by atoms with Gasteiger partial charge in [-0.1, -0.05) is 56.4 Å². The van der Waals surface area contributed by atoms with Crippen LogP contribution >= 0.6 is 39.1 Å². The van der Waals surface area contributed by atoms with E-state index in [1.807, 2.05) is 12.1 Å². The summed E-state index contributed by atoms with van der Waals surface area (Å²) in [5.41, 5.74) is 1.27. The molecule has 0 unspecified atom stereocenters. The van der Waals surface area contributed by atoms with Crippen LogP contribution in [0.5, 0.6) is 0 Å². The zero-order valence-electron chi connectivity index (χ0n) is 13.3. The molecule has 1 aliphatic rings. The van der Waals surface area contributed by atoms with E-state index in [4.69, 9.17) is 27.7 Å². The molecule has 1 saturated heterocycles. The SMILES string of the molecule is O=C(c1cc(Br)ccc1Cl)N1CC(c2nc(-c3cccc(Cl)c3)no2)C1. The standard InChI is InChI=1S/C18H12BrCl2N3O2/c19-12-4-5-15(21)14(7-12)18(25)24-8-11(9-24)17-22-16(23-26-17)10-2-1-3-13(20)6-10/h1-7,11H,8-9H2. The van der Waals surface area contributed by atoms with E-state index in [2.05, 4.69) is 26.1 Å². The van der Waals surface area contributed by atoms with Crippen molar-refractivity contribution in [1.29, 1.82) is 0 Å². The minimum Gasteiger partial charge on any atom is -0.339 e. The lowest BCUT2D eigenvalue weighted by atomic mass is 9.98. The number of hydrogen-bond acceptors (Lipinski definition) is 4. The number of aromatic nitrogens is 2. The summed E-state index contributed by atoms with van der Waals surface area (Å²) in [5.74, 6) is 0.916. The summed E-state index contributed by atoms with van der Waals surface area (Å²) in [7, 11) is 0. The molecule has 2 aromatic carbocycles. The van der Waals surface area contributed by atoms with Crippen molar-refractivity contribution in [2.75, 3.05) is 13.1 Å². The molecule has 1 fully saturated rings. The summed E-state index contributed by atoms with van der Waals surface area (Å²) in [5, 5.41) is 5.05. The Bertz CT molecular complexity index is 986. The molecule has 1 aromatic heterocycles. The first-order valence-corrected chi connectivity index (χ1v) is 9.40. The molecule has 1 amide bonds. The average molecular weight is 453 g/mol. The molecule has 2 heterocycles. The van der Waals surface area contributed by atoms with Gasteiger partial charge in [0, 0.05) is 28.1 Å². The molecule has 8 heteroatoms. The minimum absolute atomic E-state index is 0.0188. The topological polar surface area (TPSA) is 59.2 Å². The highest BCUT2D eigenvalue weighted by molar-refractivity contribution is 9.10. The van der Waals surface area contributed by atoms with Crippen LogP contribution in [-0.2, 0) is 0 Å². The smallest absolute Gasteiger partial charge is 0.255 e. The number of hydrogen-bond donors (Lipinski definition) is 0. The number of rotatable bonds is 3. The second kappa shape index (κ2) is 7.02. The predicted molar refractivity (Wildman–Crippen MR) is 103 cm³/mol. The number of amides is 1. The lowest BCUT2D eigenvalue weighted by molar-refractivity contribution is 0.0569. The Morgan fingerprint density at radius 1 is 1.19 bits per heavy atom. The Morgan fingerprint density at radius 3 is 2.77 bits per heavy atom. The fourth-order valence-corrected chi connectivity index (χ4v) is 3.53. The monoisotopic (exact) mass is 451 g/mol. The van der Waals surface area contributed by atoms with Crippen LogP contribution < -0.4 is 0 Å². The highest BCUT2D eigenvalue weighted by Gasteiger charge is 2.36. The van der Waals surface area contributed by atoms with Crippen molar-refractivity contribution in [1.82, 2.24) is 15.0 Å². The zero-order chi connectivity index (χ0) is 18.3. The molecule has 5 nitrogen and oxygen atoms in total. The average Bonchev–Trinajstić information content (AvgIpc) is 3.05. The molecule has 0 atom stereocenters. The third-order valence-corrected chi connectivity index (χ3v) is 5.26. The van der Waals surface area contributed by atoms with E-state index < -0.39 is 0 Å². The lowest BCUT2D eigenvalue weighted by Gasteiger charge is -2.37. The van der Waals surface area contributed by atoms with Gasteiger partial charge in [0.05, 0.1) is 16.5 Å². The molecule has 132 valence electrons. The van der Waals surface area contributed by atoms with E-state index in [0.29, 0.717) is 40.4 Å². The molecule has 0 radical (unpaired) electrons. The van der Waals surface area contributed by atoms with Crippen LogP contribution in [0.2, 0.25) is 10.0 Å². The van der Waals surface area contributed by atoms with Crippen LogP contribution in [0, 0.1) is 0 Å². The quantitative estimate of drug-likeness (QED) is 0.558. The van der Waals surface area contributed by atoms with Crippen molar-refractivity contribution >= 4 is 45.0 Å². The summed E-state index contributed by atoms with van der Waals surface area (Å²) in [4.78, 5) is 18.7. The highest BCUT2D eigenvalue weighted by Crippen LogP contribution is 2.31. The van der Waals surface area contributed by atoms with E-state index >= 15 is 0 Å². The third-order valence-electron chi connectivity index (χ3n) is 4.20. The molecule has 0 bridgehead atoms. The van der Waals surface area contributed by atoms with Crippen LogP contribution in [0.25, 0.3) is 11.4 Å². The number of nitrogens with zero attached hydrogens (tertiary/aromatic N) is 3. The van der Waals surface area contributed by atoms with E-state index in [-0.39, 0.29) is 11.8 Å². The van der Waals surface area contributed by atoms with Gasteiger partial charge in [0.25, 0.3) is 5.91 Å². The van der Waals surface area contributed by atoms with Gasteiger partial charge in [0.15, 0.2) is 0 Å². The second-order valence-electron chi connectivity index (χ2n) is 6.00. The van der Waals surface area contributed by atoms with Crippen LogP contribution in [-0.4, -0.2) is 34.0 Å². The number of halogens is 3. The fourth-order valence-electron chi connectivity index (χ4n) is 2.78. The molecule has 0 saturated carbocycles. The van der Waals surface area contributed by atoms with Crippen molar-refractivity contribution in [3.63, 3.8) is 0 Å². The van der Waals surface area contributed by atoms with Crippen molar-refractivity contribution in [2.45, 2.75) is 5.92 Å². The van der Waals surface area contributed by atoms with Crippen molar-refractivity contribution in [2.24, 2.45) is 0 Å². The molecule has 0 spiro atoms. The first-order chi connectivity index (χ1) is 12.5. The normalized spacial score (nSPS) is 14.3. The van der Waals surface area contributed by atoms with Gasteiger partial charge in [-0.2, -0.15) is 4.98 Å².